The van der Waals surface area contributed by atoms with E-state index >= 15 is 0 Å². The second-order valence-electron chi connectivity index (χ2n) is 4.54. The summed E-state index contributed by atoms with van der Waals surface area (Å²) in [6.07, 6.45) is -4.27. The molecule has 0 fully saturated rings. The van der Waals surface area contributed by atoms with Crippen LogP contribution in [0.2, 0.25) is 15.8 Å². The number of halogens is 3. The molecule has 5 heteroatoms. The van der Waals surface area contributed by atoms with Gasteiger partial charge in [0.25, 0.3) is 0 Å². The molecule has 0 spiro atoms. The fourth-order valence-electron chi connectivity index (χ4n) is 2.09. The van der Waals surface area contributed by atoms with Crippen molar-refractivity contribution in [2.75, 3.05) is 4.27 Å². The van der Waals surface area contributed by atoms with E-state index in [4.69, 9.17) is 0 Å². The molecular formula is C13H20F3GeN. The van der Waals surface area contributed by atoms with Crippen LogP contribution in [0.1, 0.15) is 26.3 Å². The first-order valence-corrected chi connectivity index (χ1v) is 11.8. The molecule has 1 N–H and O–H groups in total. The van der Waals surface area contributed by atoms with Crippen molar-refractivity contribution < 1.29 is 13.2 Å². The maximum atomic E-state index is 12.6. The van der Waals surface area contributed by atoms with Crippen LogP contribution in [-0.4, -0.2) is 13.5 Å². The molecule has 0 atom stereocenters. The molecule has 0 radical (unpaired) electrons. The fourth-order valence-corrected chi connectivity index (χ4v) is 7.97. The number of benzene rings is 1. The third kappa shape index (κ3) is 3.67. The van der Waals surface area contributed by atoms with Gasteiger partial charge in [-0.05, 0) is 0 Å². The van der Waals surface area contributed by atoms with Crippen molar-refractivity contribution in [1.82, 2.24) is 0 Å². The topological polar surface area (TPSA) is 12.0 Å². The van der Waals surface area contributed by atoms with Crippen molar-refractivity contribution in [3.05, 3.63) is 29.8 Å². The normalized spacial score (nSPS) is 12.6. The Labute approximate surface area is 109 Å². The molecule has 0 aliphatic rings. The molecular weight excluding hydrogens is 300 g/mol. The van der Waals surface area contributed by atoms with Crippen LogP contribution in [0.25, 0.3) is 0 Å². The van der Waals surface area contributed by atoms with Gasteiger partial charge in [0, 0.05) is 0 Å². The Balaban J connectivity index is 2.98. The zero-order valence-electron chi connectivity index (χ0n) is 11.1. The molecule has 0 aromatic heterocycles. The fraction of sp³-hybridized carbons (Fsp3) is 0.538. The van der Waals surface area contributed by atoms with Gasteiger partial charge < -0.3 is 0 Å². The summed E-state index contributed by atoms with van der Waals surface area (Å²) < 4.78 is 41.3. The predicted octanol–water partition coefficient (Wildman–Crippen LogP) is 5.12. The van der Waals surface area contributed by atoms with Crippen molar-refractivity contribution in [1.29, 1.82) is 0 Å². The molecule has 0 heterocycles. The second kappa shape index (κ2) is 6.00. The first-order valence-electron chi connectivity index (χ1n) is 6.32. The molecule has 1 aromatic rings. The Morgan fingerprint density at radius 3 is 2.06 bits per heavy atom. The van der Waals surface area contributed by atoms with Crippen molar-refractivity contribution in [3.8, 4) is 0 Å². The molecule has 1 nitrogen and oxygen atoms in total. The van der Waals surface area contributed by atoms with Gasteiger partial charge >= 0.3 is 109 Å². The summed E-state index contributed by atoms with van der Waals surface area (Å²) in [5.41, 5.74) is 0.0440. The Morgan fingerprint density at radius 2 is 1.61 bits per heavy atom. The Morgan fingerprint density at radius 1 is 1.06 bits per heavy atom. The van der Waals surface area contributed by atoms with Gasteiger partial charge in [0.05, 0.1) is 0 Å². The Bertz CT molecular complexity index is 378. The molecule has 0 unspecified atom stereocenters. The van der Waals surface area contributed by atoms with E-state index in [2.05, 4.69) is 25.0 Å². The summed E-state index contributed by atoms with van der Waals surface area (Å²) in [5, 5.41) is 3.22. The summed E-state index contributed by atoms with van der Waals surface area (Å²) in [4.78, 5) is 0. The van der Waals surface area contributed by atoms with Crippen LogP contribution in [0, 0.1) is 0 Å². The third-order valence-electron chi connectivity index (χ3n) is 3.63. The van der Waals surface area contributed by atoms with Crippen LogP contribution in [-0.2, 0) is 6.18 Å². The van der Waals surface area contributed by atoms with Gasteiger partial charge in [-0.25, -0.2) is 0 Å². The van der Waals surface area contributed by atoms with Crippen molar-refractivity contribution in [2.24, 2.45) is 0 Å². The van der Waals surface area contributed by atoms with Gasteiger partial charge in [-0.2, -0.15) is 0 Å². The number of hydrogen-bond acceptors (Lipinski definition) is 1. The van der Waals surface area contributed by atoms with Crippen LogP contribution < -0.4 is 4.27 Å². The number of alkyl halides is 3. The monoisotopic (exact) mass is 321 g/mol. The van der Waals surface area contributed by atoms with Crippen LogP contribution >= 0.6 is 0 Å². The van der Waals surface area contributed by atoms with Gasteiger partial charge in [-0.1, -0.05) is 0 Å². The molecule has 18 heavy (non-hydrogen) atoms. The number of rotatable bonds is 5. The third-order valence-corrected chi connectivity index (χ3v) is 13.9. The minimum atomic E-state index is -4.27. The van der Waals surface area contributed by atoms with Crippen LogP contribution in [0.3, 0.4) is 0 Å². The van der Waals surface area contributed by atoms with Crippen molar-refractivity contribution in [2.45, 2.75) is 42.7 Å². The van der Waals surface area contributed by atoms with Gasteiger partial charge in [-0.15, -0.1) is 0 Å². The number of anilines is 1. The first kappa shape index (κ1) is 15.4. The van der Waals surface area contributed by atoms with E-state index in [1.165, 1.54) is 12.1 Å². The standard InChI is InChI=1S/C13H20F3GeN/c1-4-17(5-2,6-3)18-12-9-7-8-11(10-12)13(14,15)16/h7-10,18H,4-6H2,1-3H3. The zero-order valence-corrected chi connectivity index (χ0v) is 13.2. The molecule has 1 rings (SSSR count). The average molecular weight is 320 g/mol. The van der Waals surface area contributed by atoms with Gasteiger partial charge in [0.2, 0.25) is 0 Å². The van der Waals surface area contributed by atoms with E-state index in [9.17, 15) is 13.2 Å². The quantitative estimate of drug-likeness (QED) is 0.742. The van der Waals surface area contributed by atoms with Crippen LogP contribution in [0.5, 0.6) is 0 Å². The van der Waals surface area contributed by atoms with E-state index in [1.807, 2.05) is 0 Å². The number of hydrogen-bond donors (Lipinski definition) is 1. The average Bonchev–Trinajstić information content (AvgIpc) is 2.35. The summed E-state index contributed by atoms with van der Waals surface area (Å²) in [7, 11) is 0. The van der Waals surface area contributed by atoms with E-state index in [1.54, 1.807) is 6.07 Å². The molecule has 0 saturated heterocycles. The van der Waals surface area contributed by atoms with Crippen molar-refractivity contribution in [3.63, 3.8) is 0 Å². The van der Waals surface area contributed by atoms with Gasteiger partial charge in [-0.3, -0.25) is 0 Å². The van der Waals surface area contributed by atoms with E-state index in [-0.39, 0.29) is 0 Å². The minimum absolute atomic E-state index is 0.577. The molecule has 0 amide bonds. The van der Waals surface area contributed by atoms with Crippen molar-refractivity contribution >= 4 is 19.2 Å². The molecule has 0 aliphatic heterocycles. The van der Waals surface area contributed by atoms with E-state index < -0.39 is 25.2 Å². The molecule has 1 aromatic carbocycles. The first-order chi connectivity index (χ1) is 8.37. The van der Waals surface area contributed by atoms with Gasteiger partial charge in [0.1, 0.15) is 0 Å². The predicted molar refractivity (Wildman–Crippen MR) is 72.3 cm³/mol. The van der Waals surface area contributed by atoms with E-state index in [0.717, 1.165) is 21.8 Å². The second-order valence-corrected chi connectivity index (χ2v) is 14.9. The zero-order chi connectivity index (χ0) is 13.8. The summed E-state index contributed by atoms with van der Waals surface area (Å²) in [6.45, 7) is 6.40. The molecule has 0 aliphatic carbocycles. The molecule has 102 valence electrons. The van der Waals surface area contributed by atoms with Crippen LogP contribution in [0.15, 0.2) is 24.3 Å². The SMILES string of the molecule is C[CH2][Ge]([CH2]C)([CH2]C)[NH]c1cccc(C(F)(F)F)c1. The summed E-state index contributed by atoms with van der Waals surface area (Å²) >= 11 is -2.20. The number of nitrogens with one attached hydrogen (secondary N) is 1. The molecule has 0 saturated carbocycles. The van der Waals surface area contributed by atoms with Crippen LogP contribution in [0.4, 0.5) is 18.9 Å². The summed E-state index contributed by atoms with van der Waals surface area (Å²) in [6, 6.07) is 5.54. The Kier molecular flexibility index (Phi) is 5.13. The van der Waals surface area contributed by atoms with Gasteiger partial charge in [0.15, 0.2) is 0 Å². The molecule has 0 bridgehead atoms. The maximum absolute atomic E-state index is 12.6. The summed E-state index contributed by atoms with van der Waals surface area (Å²) in [5.74, 6) is 0. The Hall–Kier alpha value is -0.647. The van der Waals surface area contributed by atoms with E-state index in [0.29, 0.717) is 5.69 Å².